The van der Waals surface area contributed by atoms with Crippen LogP contribution in [0.5, 0.6) is 0 Å². The number of ether oxygens (including phenoxy) is 1. The van der Waals surface area contributed by atoms with Crippen molar-refractivity contribution in [3.8, 4) is 23.0 Å². The zero-order chi connectivity index (χ0) is 24.6. The fraction of sp³-hybridized carbons (Fsp3) is 0.370. The van der Waals surface area contributed by atoms with E-state index in [1.54, 1.807) is 26.0 Å². The van der Waals surface area contributed by atoms with E-state index >= 15 is 4.39 Å². The van der Waals surface area contributed by atoms with Crippen molar-refractivity contribution in [2.45, 2.75) is 51.4 Å². The minimum atomic E-state index is -1.35. The van der Waals surface area contributed by atoms with Crippen molar-refractivity contribution in [3.05, 3.63) is 77.0 Å². The van der Waals surface area contributed by atoms with Gasteiger partial charge in [0.1, 0.15) is 5.67 Å². The van der Waals surface area contributed by atoms with Crippen LogP contribution in [-0.2, 0) is 22.6 Å². The number of aromatic nitrogens is 4. The zero-order valence-corrected chi connectivity index (χ0v) is 20.2. The molecule has 0 saturated carbocycles. The van der Waals surface area contributed by atoms with E-state index in [0.29, 0.717) is 55.6 Å². The summed E-state index contributed by atoms with van der Waals surface area (Å²) in [6.45, 7) is 6.92. The molecular formula is C27H29FN4O3. The SMILES string of the molecule is Cc1cc(-c2nc(-c3ccc(C4(F)CCOCC4)cc3)no2)nn1Cc1cccc(C(C)(C)O)c1. The number of nitrogens with zero attached hydrogens (tertiary/aromatic N) is 4. The topological polar surface area (TPSA) is 86.2 Å². The van der Waals surface area contributed by atoms with Gasteiger partial charge >= 0.3 is 0 Å². The Kier molecular flexibility index (Phi) is 6.02. The highest BCUT2D eigenvalue weighted by molar-refractivity contribution is 5.58. The van der Waals surface area contributed by atoms with Gasteiger partial charge in [-0.25, -0.2) is 4.39 Å². The molecule has 4 aromatic rings. The van der Waals surface area contributed by atoms with Crippen molar-refractivity contribution in [2.75, 3.05) is 13.2 Å². The third-order valence-electron chi connectivity index (χ3n) is 6.54. The average molecular weight is 477 g/mol. The highest BCUT2D eigenvalue weighted by Crippen LogP contribution is 2.37. The van der Waals surface area contributed by atoms with E-state index in [2.05, 4.69) is 15.2 Å². The minimum Gasteiger partial charge on any atom is -0.386 e. The molecule has 5 rings (SSSR count). The molecule has 0 aliphatic carbocycles. The first-order valence-electron chi connectivity index (χ1n) is 11.8. The van der Waals surface area contributed by atoms with Gasteiger partial charge in [0.25, 0.3) is 5.89 Å². The summed E-state index contributed by atoms with van der Waals surface area (Å²) < 4.78 is 27.8. The van der Waals surface area contributed by atoms with E-state index in [-0.39, 0.29) is 0 Å². The fourth-order valence-corrected chi connectivity index (χ4v) is 4.34. The molecule has 0 spiro atoms. The van der Waals surface area contributed by atoms with Crippen LogP contribution in [0.25, 0.3) is 23.0 Å². The van der Waals surface area contributed by atoms with Gasteiger partial charge < -0.3 is 14.4 Å². The van der Waals surface area contributed by atoms with Crippen molar-refractivity contribution < 1.29 is 18.8 Å². The first-order valence-corrected chi connectivity index (χ1v) is 11.8. The number of benzene rings is 2. The van der Waals surface area contributed by atoms with Crippen molar-refractivity contribution in [1.29, 1.82) is 0 Å². The molecule has 0 radical (unpaired) electrons. The molecule has 0 bridgehead atoms. The monoisotopic (exact) mass is 476 g/mol. The first kappa shape index (κ1) is 23.4. The van der Waals surface area contributed by atoms with Gasteiger partial charge in [0, 0.05) is 37.3 Å². The maximum Gasteiger partial charge on any atom is 0.278 e. The second kappa shape index (κ2) is 9.02. The molecule has 2 aromatic carbocycles. The molecule has 0 atom stereocenters. The van der Waals surface area contributed by atoms with Crippen LogP contribution in [-0.4, -0.2) is 38.2 Å². The molecule has 0 unspecified atom stereocenters. The smallest absolute Gasteiger partial charge is 0.278 e. The summed E-state index contributed by atoms with van der Waals surface area (Å²) in [5, 5.41) is 19.1. The van der Waals surface area contributed by atoms with E-state index in [4.69, 9.17) is 9.26 Å². The van der Waals surface area contributed by atoms with Crippen LogP contribution < -0.4 is 0 Å². The summed E-state index contributed by atoms with van der Waals surface area (Å²) in [7, 11) is 0. The third-order valence-corrected chi connectivity index (χ3v) is 6.54. The second-order valence-corrected chi connectivity index (χ2v) is 9.67. The van der Waals surface area contributed by atoms with Crippen LogP contribution in [0.4, 0.5) is 4.39 Å². The Morgan fingerprint density at radius 3 is 2.54 bits per heavy atom. The molecular weight excluding hydrogens is 447 g/mol. The number of hydrogen-bond acceptors (Lipinski definition) is 6. The number of alkyl halides is 1. The van der Waals surface area contributed by atoms with Crippen LogP contribution >= 0.6 is 0 Å². The molecule has 7 nitrogen and oxygen atoms in total. The van der Waals surface area contributed by atoms with Crippen LogP contribution in [0.2, 0.25) is 0 Å². The maximum absolute atomic E-state index is 15.2. The Balaban J connectivity index is 1.34. The second-order valence-electron chi connectivity index (χ2n) is 9.67. The number of aryl methyl sites for hydroxylation is 1. The van der Waals surface area contributed by atoms with Crippen LogP contribution in [0.1, 0.15) is 49.1 Å². The molecule has 8 heteroatoms. The quantitative estimate of drug-likeness (QED) is 0.414. The summed E-state index contributed by atoms with van der Waals surface area (Å²) in [6, 6.07) is 17.0. The summed E-state index contributed by atoms with van der Waals surface area (Å²) in [5.74, 6) is 0.749. The Morgan fingerprint density at radius 1 is 1.09 bits per heavy atom. The third kappa shape index (κ3) is 4.90. The lowest BCUT2D eigenvalue weighted by molar-refractivity contribution is -0.0114. The van der Waals surface area contributed by atoms with E-state index in [9.17, 15) is 5.11 Å². The van der Waals surface area contributed by atoms with Gasteiger partial charge in [0.2, 0.25) is 5.82 Å². The highest BCUT2D eigenvalue weighted by Gasteiger charge is 2.34. The lowest BCUT2D eigenvalue weighted by Gasteiger charge is -2.29. The summed E-state index contributed by atoms with van der Waals surface area (Å²) >= 11 is 0. The van der Waals surface area contributed by atoms with E-state index in [0.717, 1.165) is 22.4 Å². The summed E-state index contributed by atoms with van der Waals surface area (Å²) in [5.41, 5.74) is 2.55. The van der Waals surface area contributed by atoms with Gasteiger partial charge in [0.15, 0.2) is 5.69 Å². The molecule has 1 N–H and O–H groups in total. The molecule has 0 amide bonds. The number of halogens is 1. The highest BCUT2D eigenvalue weighted by atomic mass is 19.1. The molecule has 1 fully saturated rings. The standard InChI is InChI=1S/C27H29FN4O3/c1-18-15-23(30-32(18)17-19-5-4-6-22(16-19)26(2,3)33)25-29-24(31-35-25)20-7-9-21(10-8-20)27(28)11-13-34-14-12-27/h4-10,15-16,33H,11-14,17H2,1-3H3. The first-order chi connectivity index (χ1) is 16.7. The lowest BCUT2D eigenvalue weighted by atomic mass is 9.88. The lowest BCUT2D eigenvalue weighted by Crippen LogP contribution is -2.29. The number of aliphatic hydroxyl groups is 1. The zero-order valence-electron chi connectivity index (χ0n) is 20.2. The van der Waals surface area contributed by atoms with Gasteiger partial charge in [-0.3, -0.25) is 4.68 Å². The fourth-order valence-electron chi connectivity index (χ4n) is 4.34. The number of rotatable bonds is 6. The molecule has 1 aliphatic rings. The Hall–Kier alpha value is -3.36. The van der Waals surface area contributed by atoms with Crippen molar-refractivity contribution in [2.24, 2.45) is 0 Å². The molecule has 3 heterocycles. The predicted molar refractivity (Wildman–Crippen MR) is 129 cm³/mol. The van der Waals surface area contributed by atoms with Gasteiger partial charge in [-0.05, 0) is 43.5 Å². The number of hydrogen-bond donors (Lipinski definition) is 1. The summed E-state index contributed by atoms with van der Waals surface area (Å²) in [4.78, 5) is 4.52. The van der Waals surface area contributed by atoms with E-state index < -0.39 is 11.3 Å². The normalized spacial score (nSPS) is 15.9. The van der Waals surface area contributed by atoms with Gasteiger partial charge in [-0.2, -0.15) is 10.1 Å². The van der Waals surface area contributed by atoms with Gasteiger partial charge in [-0.15, -0.1) is 0 Å². The van der Waals surface area contributed by atoms with Crippen LogP contribution in [0, 0.1) is 6.92 Å². The van der Waals surface area contributed by atoms with Gasteiger partial charge in [0.05, 0.1) is 12.1 Å². The molecule has 182 valence electrons. The van der Waals surface area contributed by atoms with Crippen LogP contribution in [0.3, 0.4) is 0 Å². The molecule has 2 aromatic heterocycles. The Bertz CT molecular complexity index is 1310. The Labute approximate surface area is 203 Å². The van der Waals surface area contributed by atoms with Crippen molar-refractivity contribution in [1.82, 2.24) is 19.9 Å². The molecule has 1 aliphatic heterocycles. The minimum absolute atomic E-state index is 0.322. The van der Waals surface area contributed by atoms with Gasteiger partial charge in [-0.1, -0.05) is 53.7 Å². The largest absolute Gasteiger partial charge is 0.386 e. The summed E-state index contributed by atoms with van der Waals surface area (Å²) in [6.07, 6.45) is 0.728. The van der Waals surface area contributed by atoms with E-state index in [1.165, 1.54) is 0 Å². The molecule has 35 heavy (non-hydrogen) atoms. The average Bonchev–Trinajstić information content (AvgIpc) is 3.47. The van der Waals surface area contributed by atoms with E-state index in [1.807, 2.05) is 54.1 Å². The van der Waals surface area contributed by atoms with Crippen molar-refractivity contribution >= 4 is 0 Å². The van der Waals surface area contributed by atoms with Crippen molar-refractivity contribution in [3.63, 3.8) is 0 Å². The van der Waals surface area contributed by atoms with Crippen LogP contribution in [0.15, 0.2) is 59.1 Å². The molecule has 1 saturated heterocycles. The Morgan fingerprint density at radius 2 is 1.83 bits per heavy atom. The predicted octanol–water partition coefficient (Wildman–Crippen LogP) is 5.16. The maximum atomic E-state index is 15.2.